The van der Waals surface area contributed by atoms with Crippen LogP contribution < -0.4 is 149 Å². The molecule has 4 N–H and O–H groups in total. The number of nitrogen functional groups attached to an aromatic ring is 1. The zero-order valence-corrected chi connectivity index (χ0v) is 30.8. The topological polar surface area (TPSA) is 299 Å². The third-order valence-corrected chi connectivity index (χ3v) is 7.77. The van der Waals surface area contributed by atoms with Crippen LogP contribution in [0.2, 0.25) is 0 Å². The molecule has 1 aliphatic rings. The van der Waals surface area contributed by atoms with Crippen LogP contribution >= 0.6 is 23.5 Å². The molecule has 0 amide bonds. The summed E-state index contributed by atoms with van der Waals surface area (Å²) in [6.07, 6.45) is -4.36. The van der Waals surface area contributed by atoms with Gasteiger partial charge >= 0.3 is 118 Å². The van der Waals surface area contributed by atoms with Crippen molar-refractivity contribution >= 4 is 40.6 Å². The second-order valence-electron chi connectivity index (χ2n) is 6.33. The largest absolute Gasteiger partial charge is 1.00 e. The predicted molar refractivity (Wildman–Crippen MR) is 94.2 cm³/mol. The first-order chi connectivity index (χ1) is 15.1. The van der Waals surface area contributed by atoms with Crippen LogP contribution in [0.25, 0.3) is 11.2 Å². The molecule has 1 fully saturated rings. The number of hydrogen-bond donors (Lipinski definition) is 3. The van der Waals surface area contributed by atoms with Crippen LogP contribution in [0.5, 0.6) is 0 Å². The molecular formula is C11H14N5Na4O14P3. The van der Waals surface area contributed by atoms with Gasteiger partial charge in [0, 0.05) is 7.11 Å². The number of hydrogen-bond acceptors (Lipinski definition) is 17. The quantitative estimate of drug-likeness (QED) is 0.172. The summed E-state index contributed by atoms with van der Waals surface area (Å²) < 4.78 is 55.9. The van der Waals surface area contributed by atoms with Crippen molar-refractivity contribution in [2.45, 2.75) is 24.5 Å². The van der Waals surface area contributed by atoms with E-state index >= 15 is 0 Å². The van der Waals surface area contributed by atoms with E-state index in [4.69, 9.17) is 15.2 Å². The van der Waals surface area contributed by atoms with Gasteiger partial charge in [0.05, 0.1) is 20.8 Å². The molecule has 3 rings (SSSR count). The van der Waals surface area contributed by atoms with E-state index in [1.165, 1.54) is 11.7 Å². The number of H-pyrrole nitrogens is 1. The Morgan fingerprint density at radius 2 is 1.73 bits per heavy atom. The summed E-state index contributed by atoms with van der Waals surface area (Å²) in [4.78, 5) is 65.6. The van der Waals surface area contributed by atoms with Gasteiger partial charge in [0.15, 0.2) is 17.4 Å². The zero-order chi connectivity index (χ0) is 24.8. The smallest absolute Gasteiger partial charge is 0.790 e. The van der Waals surface area contributed by atoms with Crippen molar-refractivity contribution in [2.24, 2.45) is 0 Å². The molecule has 0 bridgehead atoms. The van der Waals surface area contributed by atoms with Gasteiger partial charge in [-0.1, -0.05) is 0 Å². The van der Waals surface area contributed by atoms with Gasteiger partial charge in [-0.25, -0.2) is 9.29 Å². The number of rotatable bonds is 9. The Kier molecular flexibility index (Phi) is 18.4. The molecule has 0 spiro atoms. The summed E-state index contributed by atoms with van der Waals surface area (Å²) in [6.45, 7) is -1.05. The molecule has 0 aliphatic carbocycles. The van der Waals surface area contributed by atoms with Crippen LogP contribution in [0.1, 0.15) is 6.23 Å². The van der Waals surface area contributed by atoms with Crippen LogP contribution in [0.4, 0.5) is 5.95 Å². The van der Waals surface area contributed by atoms with Gasteiger partial charge in [0.25, 0.3) is 21.2 Å². The summed E-state index contributed by atoms with van der Waals surface area (Å²) >= 11 is 0. The van der Waals surface area contributed by atoms with E-state index in [1.807, 2.05) is 0 Å². The first kappa shape index (κ1) is 41.6. The van der Waals surface area contributed by atoms with Crippen molar-refractivity contribution in [3.63, 3.8) is 0 Å². The SMILES string of the molecule is CO[C@@H]1[C@H](O)[C@@H](COP(=O)([O-])OP(=O)([O-])OP(=O)([O-])[O-])O[C@H]1n1cnc2c(=O)[nH]c(N)nc21.[Na+].[Na+].[Na+].[Na+]. The molecule has 0 saturated carbocycles. The minimum atomic E-state index is -6.15. The monoisotopic (exact) mass is 625 g/mol. The van der Waals surface area contributed by atoms with E-state index in [1.54, 1.807) is 0 Å². The van der Waals surface area contributed by atoms with Gasteiger partial charge in [-0.2, -0.15) is 4.98 Å². The Bertz CT molecular complexity index is 1240. The van der Waals surface area contributed by atoms with Crippen molar-refractivity contribution in [1.82, 2.24) is 19.5 Å². The van der Waals surface area contributed by atoms with Crippen LogP contribution in [-0.2, 0) is 36.3 Å². The number of phosphoric ester groups is 1. The van der Waals surface area contributed by atoms with Gasteiger partial charge in [-0.3, -0.25) is 27.8 Å². The summed E-state index contributed by atoms with van der Waals surface area (Å²) in [7, 11) is -16.9. The number of aliphatic hydroxyl groups is 1. The Hall–Kier alpha value is 2.44. The first-order valence-corrected chi connectivity index (χ1v) is 12.8. The number of anilines is 1. The predicted octanol–water partition coefficient (Wildman–Crippen LogP) is -16.2. The minimum Gasteiger partial charge on any atom is -0.790 e. The van der Waals surface area contributed by atoms with Crippen LogP contribution in [0.3, 0.4) is 0 Å². The summed E-state index contributed by atoms with van der Waals surface area (Å²) in [6, 6.07) is 0. The second kappa shape index (κ2) is 16.3. The number of nitrogens with zero attached hydrogens (tertiary/aromatic N) is 3. The Morgan fingerprint density at radius 3 is 2.27 bits per heavy atom. The maximum absolute atomic E-state index is 11.9. The molecule has 37 heavy (non-hydrogen) atoms. The first-order valence-electron chi connectivity index (χ1n) is 8.42. The Labute approximate surface area is 296 Å². The van der Waals surface area contributed by atoms with Gasteiger partial charge < -0.3 is 49.0 Å². The van der Waals surface area contributed by atoms with Crippen LogP contribution in [-0.4, -0.2) is 56.7 Å². The maximum atomic E-state index is 11.9. The Morgan fingerprint density at radius 1 is 1.14 bits per heavy atom. The number of aliphatic hydroxyl groups excluding tert-OH is 1. The summed E-state index contributed by atoms with van der Waals surface area (Å²) in [5.74, 6) is -0.254. The number of methoxy groups -OCH3 is 1. The fraction of sp³-hybridized carbons (Fsp3) is 0.545. The van der Waals surface area contributed by atoms with Crippen LogP contribution in [0, 0.1) is 0 Å². The standard InChI is InChI=1S/C11H18N5O14P3.4Na/c1-26-7-6(17)4(2-27-32(22,23)30-33(24,25)29-31(19,20)21)28-10(7)16-3-13-5-8(16)14-11(12)15-9(5)18;;;;/h3-4,6-7,10,17H,2H2,1H3,(H,22,23)(H,24,25)(H2,19,20,21)(H3,12,14,15,18);;;;/q;4*+1/p-4/t4-,6-,7-,10-;;;;/m1..../s1. The minimum absolute atomic E-state index is 0. The molecule has 3 heterocycles. The van der Waals surface area contributed by atoms with Gasteiger partial charge in [0.1, 0.15) is 18.3 Å². The molecular weight excluding hydrogens is 611 g/mol. The summed E-state index contributed by atoms with van der Waals surface area (Å²) in [5, 5.41) is 10.4. The average Bonchev–Trinajstić information content (AvgIpc) is 3.17. The third kappa shape index (κ3) is 11.2. The number of nitrogens with one attached hydrogen (secondary N) is 1. The zero-order valence-electron chi connectivity index (χ0n) is 20.1. The molecule has 0 radical (unpaired) electrons. The normalized spacial score (nSPS) is 24.5. The van der Waals surface area contributed by atoms with E-state index in [2.05, 4.69) is 28.1 Å². The maximum Gasteiger partial charge on any atom is 1.00 e. The number of aromatic amines is 1. The fourth-order valence-corrected chi connectivity index (χ4v) is 5.78. The Balaban J connectivity index is 0. The molecule has 19 nitrogen and oxygen atoms in total. The molecule has 2 aromatic heterocycles. The molecule has 1 aliphatic heterocycles. The van der Waals surface area contributed by atoms with Crippen molar-refractivity contribution in [2.75, 3.05) is 19.5 Å². The van der Waals surface area contributed by atoms with Gasteiger partial charge in [-0.15, -0.1) is 0 Å². The number of aromatic nitrogens is 4. The number of nitrogens with two attached hydrogens (primary N) is 1. The van der Waals surface area contributed by atoms with Crippen molar-refractivity contribution in [1.29, 1.82) is 0 Å². The number of phosphoric acid groups is 3. The van der Waals surface area contributed by atoms with Crippen molar-refractivity contribution in [3.8, 4) is 0 Å². The summed E-state index contributed by atoms with van der Waals surface area (Å²) in [5.41, 5.74) is 4.66. The molecule has 2 aromatic rings. The second-order valence-corrected chi connectivity index (χ2v) is 10.6. The molecule has 6 atom stereocenters. The van der Waals surface area contributed by atoms with Gasteiger partial charge in [0.2, 0.25) is 5.95 Å². The average molecular weight is 625 g/mol. The van der Waals surface area contributed by atoms with Gasteiger partial charge in [-0.05, 0) is 0 Å². The van der Waals surface area contributed by atoms with Crippen molar-refractivity contribution in [3.05, 3.63) is 16.7 Å². The molecule has 26 heteroatoms. The molecule has 186 valence electrons. The number of fused-ring (bicyclic) bond motifs is 1. The number of ether oxygens (including phenoxy) is 2. The van der Waals surface area contributed by atoms with E-state index in [-0.39, 0.29) is 135 Å². The third-order valence-electron chi connectivity index (χ3n) is 4.11. The van der Waals surface area contributed by atoms with E-state index < -0.39 is 60.2 Å². The fourth-order valence-electron chi connectivity index (χ4n) is 2.91. The van der Waals surface area contributed by atoms with E-state index in [0.29, 0.717) is 0 Å². The molecule has 0 aromatic carbocycles. The van der Waals surface area contributed by atoms with Crippen molar-refractivity contribution < 1.29 is 179 Å². The van der Waals surface area contributed by atoms with E-state index in [0.717, 1.165) is 6.33 Å². The van der Waals surface area contributed by atoms with E-state index in [9.17, 15) is 43.2 Å². The molecule has 1 saturated heterocycles. The molecule has 2 unspecified atom stereocenters. The number of imidazole rings is 1. The van der Waals surface area contributed by atoms with Crippen LogP contribution in [0.15, 0.2) is 11.1 Å².